The summed E-state index contributed by atoms with van der Waals surface area (Å²) in [5.41, 5.74) is 3.10. The minimum absolute atomic E-state index is 0.0250. The number of carbonyl (C=O) groups is 2. The monoisotopic (exact) mass is 568 g/mol. The summed E-state index contributed by atoms with van der Waals surface area (Å²) >= 11 is 5.07. The largest absolute Gasteiger partial charge is 0.497 e. The van der Waals surface area contributed by atoms with Gasteiger partial charge in [-0.05, 0) is 54.8 Å². The highest BCUT2D eigenvalue weighted by atomic mass is 79.9. The first-order valence-corrected chi connectivity index (χ1v) is 13.9. The number of methoxy groups -OCH3 is 1. The number of hydrogen-bond acceptors (Lipinski definition) is 4. The summed E-state index contributed by atoms with van der Waals surface area (Å²) in [4.78, 5) is 28.8. The summed E-state index contributed by atoms with van der Waals surface area (Å²) in [5, 5.41) is 3.03. The van der Waals surface area contributed by atoms with Crippen molar-refractivity contribution in [2.24, 2.45) is 0 Å². The lowest BCUT2D eigenvalue weighted by Crippen LogP contribution is -2.52. The minimum Gasteiger partial charge on any atom is -0.497 e. The van der Waals surface area contributed by atoms with Crippen LogP contribution in [0.5, 0.6) is 5.75 Å². The maximum absolute atomic E-state index is 13.6. The Hall–Kier alpha value is -2.77. The lowest BCUT2D eigenvalue weighted by molar-refractivity contribution is -0.139. The summed E-state index contributed by atoms with van der Waals surface area (Å²) < 4.78 is 6.16. The molecule has 3 aromatic carbocycles. The van der Waals surface area contributed by atoms with Crippen LogP contribution in [0.1, 0.15) is 30.5 Å². The molecule has 0 aliphatic rings. The van der Waals surface area contributed by atoms with Crippen molar-refractivity contribution in [3.8, 4) is 5.75 Å². The van der Waals surface area contributed by atoms with Gasteiger partial charge in [0.15, 0.2) is 0 Å². The molecule has 0 aliphatic carbocycles. The van der Waals surface area contributed by atoms with E-state index in [0.717, 1.165) is 26.9 Å². The van der Waals surface area contributed by atoms with Crippen LogP contribution in [0.15, 0.2) is 83.3 Å². The number of hydrogen-bond donors (Lipinski definition) is 1. The molecular weight excluding hydrogens is 536 g/mol. The molecule has 3 aromatic rings. The Kier molecular flexibility index (Phi) is 10.9. The first-order valence-electron chi connectivity index (χ1n) is 11.9. The number of carbonyl (C=O) groups excluding carboxylic acids is 2. The van der Waals surface area contributed by atoms with Crippen molar-refractivity contribution in [1.82, 2.24) is 10.2 Å². The lowest BCUT2D eigenvalue weighted by Gasteiger charge is -2.32. The van der Waals surface area contributed by atoms with Crippen molar-refractivity contribution in [1.29, 1.82) is 0 Å². The zero-order valence-electron chi connectivity index (χ0n) is 20.9. The summed E-state index contributed by atoms with van der Waals surface area (Å²) in [6.07, 6.45) is 0.447. The fraction of sp³-hybridized carbons (Fsp3) is 0.310. The van der Waals surface area contributed by atoms with Gasteiger partial charge in [0.1, 0.15) is 11.8 Å². The van der Waals surface area contributed by atoms with Crippen LogP contribution in [0.4, 0.5) is 0 Å². The molecule has 190 valence electrons. The second-order valence-electron chi connectivity index (χ2n) is 8.86. The minimum atomic E-state index is -0.622. The van der Waals surface area contributed by atoms with Gasteiger partial charge in [0, 0.05) is 29.2 Å². The second-order valence-corrected chi connectivity index (χ2v) is 10.8. The molecule has 0 heterocycles. The van der Waals surface area contributed by atoms with Gasteiger partial charge in [-0.25, -0.2) is 0 Å². The van der Waals surface area contributed by atoms with Crippen molar-refractivity contribution in [2.45, 2.75) is 44.6 Å². The SMILES string of the molecule is COc1ccc(CSCC(=O)N(Cc2cccc(Br)c2)C(Cc2ccccc2)C(=O)NC(C)C)cc1. The van der Waals surface area contributed by atoms with Crippen LogP contribution in [0.3, 0.4) is 0 Å². The number of thioether (sulfide) groups is 1. The van der Waals surface area contributed by atoms with Crippen molar-refractivity contribution in [3.05, 3.63) is 100 Å². The van der Waals surface area contributed by atoms with E-state index in [2.05, 4.69) is 21.2 Å². The van der Waals surface area contributed by atoms with E-state index < -0.39 is 6.04 Å². The number of amides is 2. The third kappa shape index (κ3) is 8.71. The van der Waals surface area contributed by atoms with Gasteiger partial charge in [0.2, 0.25) is 11.8 Å². The molecule has 1 unspecified atom stereocenters. The molecule has 1 atom stereocenters. The lowest BCUT2D eigenvalue weighted by atomic mass is 10.0. The Bertz CT molecular complexity index is 1120. The quantitative estimate of drug-likeness (QED) is 0.297. The molecule has 36 heavy (non-hydrogen) atoms. The maximum Gasteiger partial charge on any atom is 0.243 e. The van der Waals surface area contributed by atoms with E-state index in [1.165, 1.54) is 0 Å². The molecule has 0 fully saturated rings. The summed E-state index contributed by atoms with van der Waals surface area (Å²) in [6.45, 7) is 4.22. The second kappa shape index (κ2) is 14.1. The average Bonchev–Trinajstić information content (AvgIpc) is 2.86. The average molecular weight is 570 g/mol. The number of nitrogens with one attached hydrogen (secondary N) is 1. The third-order valence-electron chi connectivity index (χ3n) is 5.60. The summed E-state index contributed by atoms with van der Waals surface area (Å²) in [6, 6.07) is 24.9. The Morgan fingerprint density at radius 1 is 0.944 bits per heavy atom. The summed E-state index contributed by atoms with van der Waals surface area (Å²) in [5.74, 6) is 1.58. The molecular formula is C29H33BrN2O3S. The number of halogens is 1. The smallest absolute Gasteiger partial charge is 0.243 e. The number of benzene rings is 3. The van der Waals surface area contributed by atoms with E-state index >= 15 is 0 Å². The van der Waals surface area contributed by atoms with E-state index in [1.54, 1.807) is 23.8 Å². The van der Waals surface area contributed by atoms with Crippen LogP contribution in [0.2, 0.25) is 0 Å². The van der Waals surface area contributed by atoms with Gasteiger partial charge in [-0.3, -0.25) is 9.59 Å². The Balaban J connectivity index is 1.82. The molecule has 1 N–H and O–H groups in total. The van der Waals surface area contributed by atoms with E-state index in [0.29, 0.717) is 18.7 Å². The van der Waals surface area contributed by atoms with Crippen LogP contribution >= 0.6 is 27.7 Å². The van der Waals surface area contributed by atoms with Gasteiger partial charge in [0.25, 0.3) is 0 Å². The predicted molar refractivity (Wildman–Crippen MR) is 151 cm³/mol. The third-order valence-corrected chi connectivity index (χ3v) is 7.08. The van der Waals surface area contributed by atoms with Gasteiger partial charge in [-0.15, -0.1) is 11.8 Å². The number of nitrogens with zero attached hydrogens (tertiary/aromatic N) is 1. The molecule has 5 nitrogen and oxygen atoms in total. The highest BCUT2D eigenvalue weighted by Crippen LogP contribution is 2.21. The molecule has 2 amide bonds. The molecule has 0 saturated heterocycles. The Labute approximate surface area is 226 Å². The highest BCUT2D eigenvalue weighted by Gasteiger charge is 2.30. The van der Waals surface area contributed by atoms with E-state index in [4.69, 9.17) is 4.74 Å². The molecule has 0 saturated carbocycles. The van der Waals surface area contributed by atoms with E-state index in [-0.39, 0.29) is 23.6 Å². The van der Waals surface area contributed by atoms with Crippen LogP contribution < -0.4 is 10.1 Å². The topological polar surface area (TPSA) is 58.6 Å². The van der Waals surface area contributed by atoms with Crippen molar-refractivity contribution >= 4 is 39.5 Å². The van der Waals surface area contributed by atoms with Gasteiger partial charge in [0.05, 0.1) is 12.9 Å². The number of ether oxygens (including phenoxy) is 1. The van der Waals surface area contributed by atoms with Crippen LogP contribution in [0, 0.1) is 0 Å². The molecule has 3 rings (SSSR count). The fourth-order valence-electron chi connectivity index (χ4n) is 3.83. The molecule has 0 aromatic heterocycles. The molecule has 0 bridgehead atoms. The van der Waals surface area contributed by atoms with Crippen molar-refractivity contribution in [2.75, 3.05) is 12.9 Å². The van der Waals surface area contributed by atoms with Gasteiger partial charge >= 0.3 is 0 Å². The first-order chi connectivity index (χ1) is 17.4. The zero-order chi connectivity index (χ0) is 25.9. The normalized spacial score (nSPS) is 11.7. The van der Waals surface area contributed by atoms with Crippen LogP contribution in [-0.2, 0) is 28.3 Å². The van der Waals surface area contributed by atoms with Gasteiger partial charge in [-0.2, -0.15) is 0 Å². The molecule has 7 heteroatoms. The predicted octanol–water partition coefficient (Wildman–Crippen LogP) is 5.86. The van der Waals surface area contributed by atoms with Crippen molar-refractivity contribution < 1.29 is 14.3 Å². The highest BCUT2D eigenvalue weighted by molar-refractivity contribution is 9.10. The maximum atomic E-state index is 13.6. The zero-order valence-corrected chi connectivity index (χ0v) is 23.3. The van der Waals surface area contributed by atoms with Crippen molar-refractivity contribution in [3.63, 3.8) is 0 Å². The van der Waals surface area contributed by atoms with Crippen LogP contribution in [0.25, 0.3) is 0 Å². The summed E-state index contributed by atoms with van der Waals surface area (Å²) in [7, 11) is 1.64. The number of rotatable bonds is 12. The Morgan fingerprint density at radius 2 is 1.64 bits per heavy atom. The van der Waals surface area contributed by atoms with Gasteiger partial charge in [-0.1, -0.05) is 70.5 Å². The molecule has 0 radical (unpaired) electrons. The van der Waals surface area contributed by atoms with E-state index in [9.17, 15) is 9.59 Å². The first kappa shape index (κ1) is 27.8. The van der Waals surface area contributed by atoms with E-state index in [1.807, 2.05) is 92.7 Å². The van der Waals surface area contributed by atoms with Gasteiger partial charge < -0.3 is 15.0 Å². The Morgan fingerprint density at radius 3 is 2.28 bits per heavy atom. The van der Waals surface area contributed by atoms with Crippen LogP contribution in [-0.4, -0.2) is 41.7 Å². The molecule has 0 aliphatic heterocycles. The molecule has 0 spiro atoms. The standard InChI is InChI=1S/C29H33BrN2O3S/c1-21(2)31-29(34)27(17-22-8-5-4-6-9-22)32(18-24-10-7-11-25(30)16-24)28(33)20-36-19-23-12-14-26(35-3)15-13-23/h4-16,21,27H,17-20H2,1-3H3,(H,31,34). The fourth-order valence-corrected chi connectivity index (χ4v) is 5.14.